The lowest BCUT2D eigenvalue weighted by Gasteiger charge is -2.16. The number of benzene rings is 2. The van der Waals surface area contributed by atoms with Gasteiger partial charge < -0.3 is 20.5 Å². The van der Waals surface area contributed by atoms with E-state index in [0.717, 1.165) is 24.0 Å². The Morgan fingerprint density at radius 2 is 1.95 bits per heavy atom. The molecule has 0 saturated heterocycles. The summed E-state index contributed by atoms with van der Waals surface area (Å²) in [7, 11) is 0. The van der Waals surface area contributed by atoms with Gasteiger partial charge in [-0.05, 0) is 59.5 Å². The third-order valence-electron chi connectivity index (χ3n) is 7.31. The zero-order chi connectivity index (χ0) is 28.7. The molecule has 1 aliphatic rings. The summed E-state index contributed by atoms with van der Waals surface area (Å²) in [5.74, 6) is 0.283. The Labute approximate surface area is 233 Å². The SMILES string of the molecule is N#Cc1cc(Cc2nc(N)nc(-c3cccc(-n4ccc5cc(C6CC6)cc(F)c5c4=O)c3CO)n2)cn1CCO. The summed E-state index contributed by atoms with van der Waals surface area (Å²) in [6.07, 6.45) is 5.61. The van der Waals surface area contributed by atoms with Crippen LogP contribution >= 0.6 is 0 Å². The number of nitrogens with zero attached hydrogens (tertiary/aromatic N) is 6. The molecule has 1 saturated carbocycles. The van der Waals surface area contributed by atoms with Gasteiger partial charge in [0.05, 0.1) is 24.3 Å². The summed E-state index contributed by atoms with van der Waals surface area (Å²) in [4.78, 5) is 26.6. The lowest BCUT2D eigenvalue weighted by molar-refractivity contribution is 0.276. The van der Waals surface area contributed by atoms with Gasteiger partial charge in [-0.3, -0.25) is 9.36 Å². The fourth-order valence-electron chi connectivity index (χ4n) is 5.24. The van der Waals surface area contributed by atoms with Gasteiger partial charge in [-0.2, -0.15) is 15.2 Å². The molecule has 0 spiro atoms. The van der Waals surface area contributed by atoms with E-state index in [-0.39, 0.29) is 36.7 Å². The highest BCUT2D eigenvalue weighted by molar-refractivity contribution is 5.83. The van der Waals surface area contributed by atoms with Crippen LogP contribution in [0.2, 0.25) is 0 Å². The minimum absolute atomic E-state index is 0.0113. The van der Waals surface area contributed by atoms with E-state index in [1.54, 1.807) is 47.3 Å². The molecule has 0 bridgehead atoms. The van der Waals surface area contributed by atoms with E-state index >= 15 is 4.39 Å². The van der Waals surface area contributed by atoms with E-state index in [0.29, 0.717) is 39.6 Å². The predicted octanol–water partition coefficient (Wildman–Crippen LogP) is 3.19. The van der Waals surface area contributed by atoms with Crippen molar-refractivity contribution in [2.24, 2.45) is 0 Å². The Kier molecular flexibility index (Phi) is 6.78. The van der Waals surface area contributed by atoms with Crippen LogP contribution in [0.25, 0.3) is 27.8 Å². The highest BCUT2D eigenvalue weighted by Crippen LogP contribution is 2.41. The maximum Gasteiger partial charge on any atom is 0.265 e. The molecule has 11 heteroatoms. The number of nitriles is 1. The van der Waals surface area contributed by atoms with E-state index in [4.69, 9.17) is 5.73 Å². The standard InChI is InChI=1S/C30H26FN7O3/c31-24-13-20(18-4-5-18)12-19-6-7-38(29(41)27(19)24)25-3-1-2-22(23(25)16-40)28-34-26(35-30(33)36-28)11-17-10-21(14-32)37(15-17)8-9-39/h1-3,6-7,10,12-13,15,18,39-40H,4-5,8-9,11,16H2,(H2,33,34,35,36). The van der Waals surface area contributed by atoms with Crippen LogP contribution in [-0.4, -0.2) is 40.9 Å². The summed E-state index contributed by atoms with van der Waals surface area (Å²) in [6.45, 7) is -0.282. The van der Waals surface area contributed by atoms with Crippen molar-refractivity contribution in [2.75, 3.05) is 12.3 Å². The van der Waals surface area contributed by atoms with E-state index in [9.17, 15) is 20.3 Å². The van der Waals surface area contributed by atoms with Crippen molar-refractivity contribution < 1.29 is 14.6 Å². The number of aromatic nitrogens is 5. The fraction of sp³-hybridized carbons (Fsp3) is 0.233. The van der Waals surface area contributed by atoms with E-state index in [1.165, 1.54) is 10.6 Å². The van der Waals surface area contributed by atoms with Crippen LogP contribution in [0.1, 0.15) is 47.0 Å². The monoisotopic (exact) mass is 551 g/mol. The molecule has 0 amide bonds. The average Bonchev–Trinajstić information content (AvgIpc) is 3.74. The molecule has 0 atom stereocenters. The first-order valence-corrected chi connectivity index (χ1v) is 13.2. The maximum absolute atomic E-state index is 15.1. The molecule has 6 rings (SSSR count). The molecule has 2 aromatic carbocycles. The Balaban J connectivity index is 1.41. The maximum atomic E-state index is 15.1. The number of nitrogen functional groups attached to an aromatic ring is 1. The van der Waals surface area contributed by atoms with Crippen LogP contribution in [0.3, 0.4) is 0 Å². The molecule has 1 aliphatic carbocycles. The number of anilines is 1. The molecule has 3 aromatic heterocycles. The van der Waals surface area contributed by atoms with Crippen LogP contribution in [-0.2, 0) is 19.6 Å². The van der Waals surface area contributed by atoms with Crippen LogP contribution in [0.15, 0.2) is 59.7 Å². The number of halogens is 1. The van der Waals surface area contributed by atoms with E-state index < -0.39 is 18.0 Å². The number of pyridine rings is 1. The van der Waals surface area contributed by atoms with Gasteiger partial charge in [-0.1, -0.05) is 18.2 Å². The molecule has 1 fully saturated rings. The Morgan fingerprint density at radius 1 is 1.12 bits per heavy atom. The molecule has 206 valence electrons. The van der Waals surface area contributed by atoms with Gasteiger partial charge >= 0.3 is 0 Å². The number of nitrogens with two attached hydrogens (primary N) is 1. The molecule has 5 aromatic rings. The minimum atomic E-state index is -0.562. The van der Waals surface area contributed by atoms with Crippen molar-refractivity contribution in [1.82, 2.24) is 24.1 Å². The lowest BCUT2D eigenvalue weighted by atomic mass is 10.0. The lowest BCUT2D eigenvalue weighted by Crippen LogP contribution is -2.20. The number of hydrogen-bond donors (Lipinski definition) is 3. The number of aliphatic hydroxyl groups is 2. The molecule has 0 unspecified atom stereocenters. The summed E-state index contributed by atoms with van der Waals surface area (Å²) >= 11 is 0. The number of fused-ring (bicyclic) bond motifs is 1. The third kappa shape index (κ3) is 4.95. The highest BCUT2D eigenvalue weighted by atomic mass is 19.1. The second-order valence-electron chi connectivity index (χ2n) is 10.1. The van der Waals surface area contributed by atoms with Crippen LogP contribution in [0.5, 0.6) is 0 Å². The third-order valence-corrected chi connectivity index (χ3v) is 7.31. The number of rotatable bonds is 8. The predicted molar refractivity (Wildman–Crippen MR) is 150 cm³/mol. The first-order valence-electron chi connectivity index (χ1n) is 13.2. The Morgan fingerprint density at radius 3 is 2.68 bits per heavy atom. The highest BCUT2D eigenvalue weighted by Gasteiger charge is 2.25. The zero-order valence-electron chi connectivity index (χ0n) is 22.0. The second kappa shape index (κ2) is 10.6. The summed E-state index contributed by atoms with van der Waals surface area (Å²) < 4.78 is 18.1. The van der Waals surface area contributed by atoms with Crippen molar-refractivity contribution in [3.63, 3.8) is 0 Å². The first kappa shape index (κ1) is 26.3. The van der Waals surface area contributed by atoms with Crippen LogP contribution < -0.4 is 11.3 Å². The molecule has 3 heterocycles. The smallest absolute Gasteiger partial charge is 0.265 e. The summed E-state index contributed by atoms with van der Waals surface area (Å²) in [6, 6.07) is 13.9. The van der Waals surface area contributed by atoms with Gasteiger partial charge in [-0.25, -0.2) is 9.37 Å². The molecule has 41 heavy (non-hydrogen) atoms. The first-order chi connectivity index (χ1) is 19.9. The van der Waals surface area contributed by atoms with Crippen LogP contribution in [0, 0.1) is 17.1 Å². The van der Waals surface area contributed by atoms with Crippen molar-refractivity contribution in [3.8, 4) is 23.1 Å². The number of aliphatic hydroxyl groups excluding tert-OH is 2. The second-order valence-corrected chi connectivity index (χ2v) is 10.1. The van der Waals surface area contributed by atoms with E-state index in [1.807, 2.05) is 6.07 Å². The Hall–Kier alpha value is -4.92. The van der Waals surface area contributed by atoms with Crippen molar-refractivity contribution >= 4 is 16.7 Å². The van der Waals surface area contributed by atoms with E-state index in [2.05, 4.69) is 21.0 Å². The topological polar surface area (TPSA) is 156 Å². The van der Waals surface area contributed by atoms with Gasteiger partial charge in [0.2, 0.25) is 5.95 Å². The van der Waals surface area contributed by atoms with Crippen molar-refractivity contribution in [3.05, 3.63) is 99.2 Å². The molecular weight excluding hydrogens is 525 g/mol. The van der Waals surface area contributed by atoms with Gasteiger partial charge in [0, 0.05) is 36.5 Å². The average molecular weight is 552 g/mol. The van der Waals surface area contributed by atoms with Crippen molar-refractivity contribution in [1.29, 1.82) is 5.26 Å². The summed E-state index contributed by atoms with van der Waals surface area (Å²) in [5.41, 5.74) is 8.70. The molecule has 0 radical (unpaired) electrons. The normalized spacial score (nSPS) is 13.0. The summed E-state index contributed by atoms with van der Waals surface area (Å²) in [5, 5.41) is 29.6. The fourth-order valence-corrected chi connectivity index (χ4v) is 5.24. The van der Waals surface area contributed by atoms with Gasteiger partial charge in [-0.15, -0.1) is 0 Å². The quantitative estimate of drug-likeness (QED) is 0.266. The van der Waals surface area contributed by atoms with Gasteiger partial charge in [0.25, 0.3) is 5.56 Å². The van der Waals surface area contributed by atoms with Crippen LogP contribution in [0.4, 0.5) is 10.3 Å². The molecule has 4 N–H and O–H groups in total. The van der Waals surface area contributed by atoms with Gasteiger partial charge in [0.1, 0.15) is 23.4 Å². The number of hydrogen-bond acceptors (Lipinski definition) is 8. The Bertz CT molecular complexity index is 1900. The molecular formula is C30H26FN7O3. The molecule has 10 nitrogen and oxygen atoms in total. The van der Waals surface area contributed by atoms with Crippen molar-refractivity contribution in [2.45, 2.75) is 38.3 Å². The van der Waals surface area contributed by atoms with Gasteiger partial charge in [0.15, 0.2) is 5.82 Å². The minimum Gasteiger partial charge on any atom is -0.395 e. The molecule has 0 aliphatic heterocycles. The largest absolute Gasteiger partial charge is 0.395 e. The zero-order valence-corrected chi connectivity index (χ0v) is 22.0.